The van der Waals surface area contributed by atoms with Crippen LogP contribution in [0.5, 0.6) is 0 Å². The second-order valence-electron chi connectivity index (χ2n) is 6.84. The van der Waals surface area contributed by atoms with Crippen LogP contribution in [0.4, 0.5) is 0 Å². The summed E-state index contributed by atoms with van der Waals surface area (Å²) in [5.74, 6) is 0. The van der Waals surface area contributed by atoms with E-state index in [1.807, 2.05) is 48.9 Å². The van der Waals surface area contributed by atoms with Gasteiger partial charge in [0.2, 0.25) is 10.0 Å². The van der Waals surface area contributed by atoms with Gasteiger partial charge in [-0.25, -0.2) is 21.6 Å². The molecule has 3 aromatic rings. The Morgan fingerprint density at radius 3 is 2.10 bits per heavy atom. The van der Waals surface area contributed by atoms with E-state index in [1.165, 1.54) is 24.3 Å². The van der Waals surface area contributed by atoms with E-state index in [2.05, 4.69) is 9.82 Å². The van der Waals surface area contributed by atoms with Gasteiger partial charge in [0.05, 0.1) is 17.1 Å². The van der Waals surface area contributed by atoms with Gasteiger partial charge in [-0.05, 0) is 31.5 Å². The van der Waals surface area contributed by atoms with Crippen LogP contribution in [0, 0.1) is 13.8 Å². The minimum Gasteiger partial charge on any atom is -0.265 e. The van der Waals surface area contributed by atoms with Crippen LogP contribution in [0.1, 0.15) is 22.5 Å². The monoisotopic (exact) mass is 433 g/mol. The summed E-state index contributed by atoms with van der Waals surface area (Å²) in [4.78, 5) is -0.477. The molecule has 1 aromatic heterocycles. The molecule has 0 bridgehead atoms. The minimum atomic E-state index is -4.02. The van der Waals surface area contributed by atoms with Crippen molar-refractivity contribution < 1.29 is 16.8 Å². The Morgan fingerprint density at radius 2 is 1.48 bits per heavy atom. The van der Waals surface area contributed by atoms with Crippen LogP contribution in [0.3, 0.4) is 0 Å². The lowest BCUT2D eigenvalue weighted by Gasteiger charge is -2.11. The molecule has 1 N–H and O–H groups in total. The van der Waals surface area contributed by atoms with Crippen molar-refractivity contribution in [3.63, 3.8) is 0 Å². The van der Waals surface area contributed by atoms with Crippen molar-refractivity contribution in [1.29, 1.82) is 0 Å². The molecule has 0 radical (unpaired) electrons. The fraction of sp³-hybridized carbons (Fsp3) is 0.250. The van der Waals surface area contributed by atoms with Gasteiger partial charge < -0.3 is 0 Å². The number of aryl methyl sites for hydroxylation is 1. The molecule has 9 heteroatoms. The molecular formula is C20H23N3O4S2. The maximum absolute atomic E-state index is 12.8. The van der Waals surface area contributed by atoms with Crippen molar-refractivity contribution in [2.24, 2.45) is 0 Å². The number of hydrogen-bond acceptors (Lipinski definition) is 5. The van der Waals surface area contributed by atoms with Crippen molar-refractivity contribution in [3.8, 4) is 0 Å². The Kier molecular flexibility index (Phi) is 5.92. The Labute approximate surface area is 171 Å². The molecule has 0 saturated heterocycles. The zero-order chi connectivity index (χ0) is 21.2. The van der Waals surface area contributed by atoms with E-state index >= 15 is 0 Å². The molecule has 1 heterocycles. The van der Waals surface area contributed by atoms with Gasteiger partial charge in [0.15, 0.2) is 9.84 Å². The van der Waals surface area contributed by atoms with E-state index in [9.17, 15) is 16.8 Å². The molecule has 0 aliphatic carbocycles. The Morgan fingerprint density at radius 1 is 0.897 bits per heavy atom. The molecule has 0 amide bonds. The quantitative estimate of drug-likeness (QED) is 0.617. The van der Waals surface area contributed by atoms with Crippen molar-refractivity contribution in [2.45, 2.75) is 36.7 Å². The summed E-state index contributed by atoms with van der Waals surface area (Å²) >= 11 is 0. The first-order valence-electron chi connectivity index (χ1n) is 8.95. The molecule has 29 heavy (non-hydrogen) atoms. The molecule has 0 unspecified atom stereocenters. The summed E-state index contributed by atoms with van der Waals surface area (Å²) < 4.78 is 53.8. The highest BCUT2D eigenvalue weighted by Crippen LogP contribution is 2.21. The van der Waals surface area contributed by atoms with Gasteiger partial charge in [-0.2, -0.15) is 5.10 Å². The lowest BCUT2D eigenvalue weighted by Crippen LogP contribution is -2.25. The third kappa shape index (κ3) is 4.75. The minimum absolute atomic E-state index is 0.0207. The Bertz CT molecular complexity index is 1230. The number of nitrogens with one attached hydrogen (secondary N) is 1. The van der Waals surface area contributed by atoms with Gasteiger partial charge in [-0.3, -0.25) is 4.68 Å². The number of rotatable bonds is 7. The number of sulfonamides is 1. The lowest BCUT2D eigenvalue weighted by molar-refractivity contribution is 0.573. The third-order valence-corrected chi connectivity index (χ3v) is 7.43. The summed E-state index contributed by atoms with van der Waals surface area (Å²) in [5.41, 5.74) is 3.43. The van der Waals surface area contributed by atoms with Gasteiger partial charge >= 0.3 is 0 Å². The topological polar surface area (TPSA) is 98.1 Å². The molecule has 0 aliphatic rings. The number of sulfone groups is 1. The first-order chi connectivity index (χ1) is 13.6. The zero-order valence-corrected chi connectivity index (χ0v) is 18.1. The highest BCUT2D eigenvalue weighted by Gasteiger charge is 2.24. The summed E-state index contributed by atoms with van der Waals surface area (Å²) in [6.45, 7) is 4.31. The molecular weight excluding hydrogens is 410 g/mol. The molecule has 0 spiro atoms. The van der Waals surface area contributed by atoms with Crippen LogP contribution in [-0.4, -0.2) is 32.9 Å². The first kappa shape index (κ1) is 21.2. The average Bonchev–Trinajstić information content (AvgIpc) is 2.93. The highest BCUT2D eigenvalue weighted by molar-refractivity contribution is 7.93. The smallest absolute Gasteiger partial charge is 0.242 e. The predicted octanol–water partition coefficient (Wildman–Crippen LogP) is 2.43. The number of benzene rings is 2. The first-order valence-corrected chi connectivity index (χ1v) is 12.3. The van der Waals surface area contributed by atoms with E-state index in [1.54, 1.807) is 0 Å². The normalized spacial score (nSPS) is 12.2. The third-order valence-electron chi connectivity index (χ3n) is 4.68. The van der Waals surface area contributed by atoms with Crippen LogP contribution in [0.15, 0.2) is 64.4 Å². The van der Waals surface area contributed by atoms with Crippen molar-refractivity contribution >= 4 is 19.9 Å². The molecule has 7 nitrogen and oxygen atoms in total. The molecule has 2 aromatic carbocycles. The van der Waals surface area contributed by atoms with Crippen molar-refractivity contribution in [1.82, 2.24) is 14.5 Å². The molecule has 3 rings (SSSR count). The maximum atomic E-state index is 12.8. The fourth-order valence-corrected chi connectivity index (χ4v) is 5.75. The standard InChI is InChI=1S/C20H23N3O4S2/c1-15-18(16(2)23(22-15)14-17-9-5-4-6-10-17)13-21-29(26,27)20-12-8-7-11-19(20)28(3,24)25/h4-12,21H,13-14H2,1-3H3. The predicted molar refractivity (Wildman–Crippen MR) is 111 cm³/mol. The summed E-state index contributed by atoms with van der Waals surface area (Å²) in [6, 6.07) is 15.4. The average molecular weight is 434 g/mol. The second-order valence-corrected chi connectivity index (χ2v) is 10.6. The van der Waals surface area contributed by atoms with Gasteiger partial charge in [-0.15, -0.1) is 0 Å². The number of nitrogens with zero attached hydrogens (tertiary/aromatic N) is 2. The Balaban J connectivity index is 1.85. The SMILES string of the molecule is Cc1nn(Cc2ccccc2)c(C)c1CNS(=O)(=O)c1ccccc1S(C)(=O)=O. The molecule has 154 valence electrons. The Hall–Kier alpha value is -2.49. The molecule has 0 aliphatic heterocycles. The number of aromatic nitrogens is 2. The summed E-state index contributed by atoms with van der Waals surface area (Å²) in [7, 11) is -7.70. The second kappa shape index (κ2) is 8.10. The van der Waals surface area contributed by atoms with Crippen LogP contribution in [-0.2, 0) is 33.0 Å². The van der Waals surface area contributed by atoms with Crippen LogP contribution < -0.4 is 4.72 Å². The zero-order valence-electron chi connectivity index (χ0n) is 16.5. The van der Waals surface area contributed by atoms with Gasteiger partial charge in [0.25, 0.3) is 0 Å². The lowest BCUT2D eigenvalue weighted by atomic mass is 10.2. The van der Waals surface area contributed by atoms with Crippen molar-refractivity contribution in [3.05, 3.63) is 77.1 Å². The summed E-state index contributed by atoms with van der Waals surface area (Å²) in [5, 5.41) is 4.52. The van der Waals surface area contributed by atoms with E-state index in [0.717, 1.165) is 28.8 Å². The van der Waals surface area contributed by atoms with Gasteiger partial charge in [0.1, 0.15) is 4.90 Å². The number of hydrogen-bond donors (Lipinski definition) is 1. The van der Waals surface area contributed by atoms with E-state index < -0.39 is 19.9 Å². The highest BCUT2D eigenvalue weighted by atomic mass is 32.2. The molecule has 0 saturated carbocycles. The molecule has 0 atom stereocenters. The van der Waals surface area contributed by atoms with E-state index in [-0.39, 0.29) is 16.3 Å². The van der Waals surface area contributed by atoms with Crippen molar-refractivity contribution in [2.75, 3.05) is 6.26 Å². The molecule has 0 fully saturated rings. The van der Waals surface area contributed by atoms with E-state index in [4.69, 9.17) is 0 Å². The van der Waals surface area contributed by atoms with Crippen LogP contribution >= 0.6 is 0 Å². The van der Waals surface area contributed by atoms with Crippen LogP contribution in [0.2, 0.25) is 0 Å². The largest absolute Gasteiger partial charge is 0.265 e. The van der Waals surface area contributed by atoms with Gasteiger partial charge in [-0.1, -0.05) is 42.5 Å². The van der Waals surface area contributed by atoms with Crippen LogP contribution in [0.25, 0.3) is 0 Å². The van der Waals surface area contributed by atoms with Gasteiger partial charge in [0, 0.05) is 24.1 Å². The fourth-order valence-electron chi connectivity index (χ4n) is 3.12. The van der Waals surface area contributed by atoms with E-state index in [0.29, 0.717) is 6.54 Å². The summed E-state index contributed by atoms with van der Waals surface area (Å²) in [6.07, 6.45) is 0.989. The maximum Gasteiger partial charge on any atom is 0.242 e.